The molecule has 0 amide bonds. The number of nitrogens with zero attached hydrogens (tertiary/aromatic N) is 2. The number of hydrogen-bond acceptors (Lipinski definition) is 5. The summed E-state index contributed by atoms with van der Waals surface area (Å²) < 4.78 is 21.6. The molecule has 1 aliphatic heterocycles. The predicted octanol–water partition coefficient (Wildman–Crippen LogP) is 5.01. The van der Waals surface area contributed by atoms with Crippen LogP contribution in [-0.2, 0) is 20.3 Å². The largest absolute Gasteiger partial charge is 0.494 e. The van der Waals surface area contributed by atoms with Gasteiger partial charge in [0.25, 0.3) is 8.32 Å². The van der Waals surface area contributed by atoms with Crippen LogP contribution >= 0.6 is 0 Å². The Morgan fingerprint density at radius 1 is 0.854 bits per heavy atom. The van der Waals surface area contributed by atoms with Crippen molar-refractivity contribution in [1.29, 1.82) is 0 Å². The first-order valence-corrected chi connectivity index (χ1v) is 16.3. The van der Waals surface area contributed by atoms with Crippen molar-refractivity contribution in [3.63, 3.8) is 0 Å². The van der Waals surface area contributed by atoms with Gasteiger partial charge in [0.2, 0.25) is 0 Å². The molecule has 3 aromatic carbocycles. The summed E-state index contributed by atoms with van der Waals surface area (Å²) in [5, 5.41) is 7.14. The molecule has 0 unspecified atom stereocenters. The van der Waals surface area contributed by atoms with Crippen LogP contribution < -0.4 is 21.6 Å². The number of nitrogens with two attached hydrogens (primary N) is 1. The molecule has 0 saturated carbocycles. The summed E-state index contributed by atoms with van der Waals surface area (Å²) in [7, 11) is -3.07. The van der Waals surface area contributed by atoms with Crippen molar-refractivity contribution < 1.29 is 13.7 Å². The number of nitrogen functional groups attached to an aromatic ring is 1. The van der Waals surface area contributed by atoms with E-state index in [0.29, 0.717) is 18.8 Å². The van der Waals surface area contributed by atoms with Gasteiger partial charge in [-0.2, -0.15) is 5.10 Å². The number of hydrogen-bond donors (Lipinski definition) is 1. The van der Waals surface area contributed by atoms with Crippen molar-refractivity contribution in [2.45, 2.75) is 71.3 Å². The van der Waals surface area contributed by atoms with Crippen LogP contribution in [-0.4, -0.2) is 43.0 Å². The molecule has 6 nitrogen and oxygen atoms in total. The third-order valence-electron chi connectivity index (χ3n) is 8.53. The van der Waals surface area contributed by atoms with E-state index in [2.05, 4.69) is 126 Å². The second-order valence-electron chi connectivity index (χ2n) is 13.0. The molecule has 0 bridgehead atoms. The van der Waals surface area contributed by atoms with Crippen molar-refractivity contribution in [1.82, 2.24) is 9.78 Å². The van der Waals surface area contributed by atoms with Crippen LogP contribution in [0.5, 0.6) is 0 Å². The van der Waals surface area contributed by atoms with E-state index in [1.165, 1.54) is 10.4 Å². The van der Waals surface area contributed by atoms with Crippen molar-refractivity contribution >= 4 is 37.0 Å². The van der Waals surface area contributed by atoms with Crippen LogP contribution in [0.3, 0.4) is 0 Å². The maximum absolute atomic E-state index is 7.05. The monoisotopic (exact) mass is 567 g/mol. The summed E-state index contributed by atoms with van der Waals surface area (Å²) in [6.45, 7) is 16.3. The molecule has 0 radical (unpaired) electrons. The quantitative estimate of drug-likeness (QED) is 0.240. The van der Waals surface area contributed by atoms with Gasteiger partial charge in [0, 0.05) is 17.4 Å². The molecule has 4 aromatic rings. The Kier molecular flexibility index (Phi) is 7.81. The van der Waals surface area contributed by atoms with Crippen LogP contribution in [0.2, 0.25) is 5.04 Å². The molecule has 1 fully saturated rings. The van der Waals surface area contributed by atoms with E-state index in [9.17, 15) is 0 Å². The zero-order chi connectivity index (χ0) is 29.5. The Morgan fingerprint density at radius 3 is 1.95 bits per heavy atom. The average molecular weight is 568 g/mol. The molecule has 0 aliphatic carbocycles. The van der Waals surface area contributed by atoms with Gasteiger partial charge in [0.05, 0.1) is 30.6 Å². The summed E-state index contributed by atoms with van der Waals surface area (Å²) in [5.41, 5.74) is 9.03. The molecule has 2 heterocycles. The second-order valence-corrected chi connectivity index (χ2v) is 17.3. The maximum atomic E-state index is 7.05. The molecule has 1 saturated heterocycles. The van der Waals surface area contributed by atoms with Crippen molar-refractivity contribution in [3.8, 4) is 11.1 Å². The fourth-order valence-electron chi connectivity index (χ4n) is 5.65. The van der Waals surface area contributed by atoms with Gasteiger partial charge < -0.3 is 19.5 Å². The summed E-state index contributed by atoms with van der Waals surface area (Å²) in [4.78, 5) is 0. The lowest BCUT2D eigenvalue weighted by molar-refractivity contribution is 0.00578. The minimum atomic E-state index is -2.60. The average Bonchev–Trinajstić information content (AvgIpc) is 3.47. The third kappa shape index (κ3) is 5.66. The van der Waals surface area contributed by atoms with Gasteiger partial charge in [-0.05, 0) is 66.3 Å². The minimum absolute atomic E-state index is 0.0730. The van der Waals surface area contributed by atoms with Crippen molar-refractivity contribution in [3.05, 3.63) is 91.3 Å². The predicted molar refractivity (Wildman–Crippen MR) is 171 cm³/mol. The molecular weight excluding hydrogens is 525 g/mol. The van der Waals surface area contributed by atoms with E-state index in [1.54, 1.807) is 0 Å². The van der Waals surface area contributed by atoms with Gasteiger partial charge in [-0.15, -0.1) is 0 Å². The van der Waals surface area contributed by atoms with Crippen LogP contribution in [0.25, 0.3) is 11.1 Å². The smallest absolute Gasteiger partial charge is 0.406 e. The first-order chi connectivity index (χ1) is 19.3. The highest BCUT2D eigenvalue weighted by molar-refractivity contribution is 6.99. The molecule has 2 N–H and O–H groups in total. The zero-order valence-electron chi connectivity index (χ0n) is 25.3. The van der Waals surface area contributed by atoms with Crippen molar-refractivity contribution in [2.24, 2.45) is 0 Å². The molecule has 214 valence electrons. The van der Waals surface area contributed by atoms with Crippen LogP contribution in [0.1, 0.15) is 48.5 Å². The molecule has 1 aliphatic rings. The molecule has 5 rings (SSSR count). The normalized spacial score (nSPS) is 16.7. The van der Waals surface area contributed by atoms with Gasteiger partial charge in [0.1, 0.15) is 0 Å². The van der Waals surface area contributed by atoms with E-state index >= 15 is 0 Å². The van der Waals surface area contributed by atoms with Crippen molar-refractivity contribution in [2.75, 3.05) is 12.3 Å². The van der Waals surface area contributed by atoms with Gasteiger partial charge in [-0.3, -0.25) is 4.68 Å². The first kappa shape index (κ1) is 29.3. The standard InChI is InChI=1S/C33H42BN3O3Si/c1-31(2,3)41(29-14-10-8-11-15-29,30-16-12-9-13-17-30)38-19-18-37-24-26(23-36-37)25-20-27(22-28(35)21-25)34-39-32(4,5)33(6,7)40-34/h8-17,20-24H,18-19,35H2,1-7H3. The van der Waals surface area contributed by atoms with Crippen LogP contribution in [0, 0.1) is 0 Å². The second kappa shape index (κ2) is 10.9. The highest BCUT2D eigenvalue weighted by Gasteiger charge is 2.52. The molecule has 0 atom stereocenters. The lowest BCUT2D eigenvalue weighted by atomic mass is 9.77. The number of aromatic nitrogens is 2. The van der Waals surface area contributed by atoms with Crippen LogP contribution in [0.4, 0.5) is 5.69 Å². The van der Waals surface area contributed by atoms with Crippen LogP contribution in [0.15, 0.2) is 91.3 Å². The zero-order valence-corrected chi connectivity index (χ0v) is 26.3. The summed E-state index contributed by atoms with van der Waals surface area (Å²) in [5.74, 6) is 0. The maximum Gasteiger partial charge on any atom is 0.494 e. The van der Waals surface area contributed by atoms with E-state index < -0.39 is 26.6 Å². The topological polar surface area (TPSA) is 71.5 Å². The number of benzene rings is 3. The molecule has 1 aromatic heterocycles. The Bertz CT molecular complexity index is 1430. The Labute approximate surface area is 246 Å². The Morgan fingerprint density at radius 2 is 1.41 bits per heavy atom. The highest BCUT2D eigenvalue weighted by Crippen LogP contribution is 2.38. The SMILES string of the molecule is CC1(C)OB(c2cc(N)cc(-c3cnn(CCO[Si](c4ccccc4)(c4ccccc4)C(C)(C)C)c3)c2)OC1(C)C. The van der Waals surface area contributed by atoms with E-state index in [4.69, 9.17) is 19.5 Å². The fraction of sp³-hybridized carbons (Fsp3) is 0.364. The summed E-state index contributed by atoms with van der Waals surface area (Å²) in [6.07, 6.45) is 3.93. The van der Waals surface area contributed by atoms with E-state index in [1.807, 2.05) is 23.0 Å². The van der Waals surface area contributed by atoms with Gasteiger partial charge in [-0.1, -0.05) is 87.5 Å². The number of anilines is 1. The lowest BCUT2D eigenvalue weighted by Gasteiger charge is -2.43. The van der Waals surface area contributed by atoms with Gasteiger partial charge in [0.15, 0.2) is 0 Å². The summed E-state index contributed by atoms with van der Waals surface area (Å²) in [6, 6.07) is 27.4. The molecule has 0 spiro atoms. The Hall–Kier alpha value is -3.17. The van der Waals surface area contributed by atoms with E-state index in [-0.39, 0.29) is 5.04 Å². The first-order valence-electron chi connectivity index (χ1n) is 14.4. The molecular formula is C33H42BN3O3Si. The molecule has 8 heteroatoms. The van der Waals surface area contributed by atoms with Gasteiger partial charge in [-0.25, -0.2) is 0 Å². The fourth-order valence-corrected chi connectivity index (χ4v) is 10.2. The highest BCUT2D eigenvalue weighted by atomic mass is 28.4. The molecule has 41 heavy (non-hydrogen) atoms. The van der Waals surface area contributed by atoms with Gasteiger partial charge >= 0.3 is 7.12 Å². The van der Waals surface area contributed by atoms with E-state index in [0.717, 1.165) is 16.6 Å². The lowest BCUT2D eigenvalue weighted by Crippen LogP contribution is -2.66. The Balaban J connectivity index is 1.37. The number of rotatable bonds is 8. The minimum Gasteiger partial charge on any atom is -0.406 e. The summed E-state index contributed by atoms with van der Waals surface area (Å²) >= 11 is 0. The third-order valence-corrected chi connectivity index (χ3v) is 13.6.